The highest BCUT2D eigenvalue weighted by atomic mass is 16.2. The van der Waals surface area contributed by atoms with Crippen molar-refractivity contribution in [2.24, 2.45) is 0 Å². The fraction of sp³-hybridized carbons (Fsp3) is 0.625. The van der Waals surface area contributed by atoms with Crippen LogP contribution in [0.2, 0.25) is 0 Å². The number of hydrogen-bond acceptors (Lipinski definition) is 1. The first-order valence-electron chi connectivity index (χ1n) is 3.70. The van der Waals surface area contributed by atoms with E-state index in [4.69, 9.17) is 0 Å². The summed E-state index contributed by atoms with van der Waals surface area (Å²) in [5, 5.41) is 0. The van der Waals surface area contributed by atoms with E-state index >= 15 is 0 Å². The van der Waals surface area contributed by atoms with Crippen LogP contribution < -0.4 is 0 Å². The van der Waals surface area contributed by atoms with Crippen molar-refractivity contribution >= 4 is 5.91 Å². The van der Waals surface area contributed by atoms with Crippen LogP contribution in [0.4, 0.5) is 0 Å². The molecule has 1 atom stereocenters. The van der Waals surface area contributed by atoms with Crippen molar-refractivity contribution in [3.8, 4) is 0 Å². The Hall–Kier alpha value is -0.790. The fourth-order valence-corrected chi connectivity index (χ4v) is 1.27. The number of likely N-dealkylation sites (tertiary alicyclic amines) is 1. The van der Waals surface area contributed by atoms with E-state index in [0.717, 1.165) is 19.4 Å². The fourth-order valence-electron chi connectivity index (χ4n) is 1.27. The van der Waals surface area contributed by atoms with Gasteiger partial charge in [-0.1, -0.05) is 13.0 Å². The molecule has 10 heavy (non-hydrogen) atoms. The highest BCUT2D eigenvalue weighted by Gasteiger charge is 2.32. The minimum absolute atomic E-state index is 0.270. The van der Waals surface area contributed by atoms with Gasteiger partial charge in [0, 0.05) is 19.0 Å². The summed E-state index contributed by atoms with van der Waals surface area (Å²) in [6.07, 6.45) is 3.59. The lowest BCUT2D eigenvalue weighted by molar-refractivity contribution is -0.144. The Morgan fingerprint density at radius 1 is 1.90 bits per heavy atom. The number of nitrogens with zero attached hydrogens (tertiary/aromatic N) is 1. The molecule has 1 rings (SSSR count). The Morgan fingerprint density at radius 2 is 2.60 bits per heavy atom. The van der Waals surface area contributed by atoms with Crippen LogP contribution in [0.3, 0.4) is 0 Å². The van der Waals surface area contributed by atoms with Crippen molar-refractivity contribution in [3.63, 3.8) is 0 Å². The van der Waals surface area contributed by atoms with Crippen molar-refractivity contribution in [2.75, 3.05) is 6.54 Å². The van der Waals surface area contributed by atoms with Gasteiger partial charge in [-0.25, -0.2) is 0 Å². The summed E-state index contributed by atoms with van der Waals surface area (Å²) in [6.45, 7) is 6.42. The number of amides is 1. The van der Waals surface area contributed by atoms with Gasteiger partial charge in [-0.15, -0.1) is 6.58 Å². The Morgan fingerprint density at radius 3 is 3.00 bits per heavy atom. The smallest absolute Gasteiger partial charge is 0.225 e. The summed E-state index contributed by atoms with van der Waals surface area (Å²) < 4.78 is 0. The zero-order valence-electron chi connectivity index (χ0n) is 6.34. The molecular formula is C8H13NO. The first-order chi connectivity index (χ1) is 4.79. The SMILES string of the molecule is C=CCN1C(=O)CC1CC. The summed E-state index contributed by atoms with van der Waals surface area (Å²) in [7, 11) is 0. The number of rotatable bonds is 3. The van der Waals surface area contributed by atoms with Gasteiger partial charge in [0.2, 0.25) is 5.91 Å². The first-order valence-corrected chi connectivity index (χ1v) is 3.70. The normalized spacial score (nSPS) is 24.3. The quantitative estimate of drug-likeness (QED) is 0.425. The molecule has 1 heterocycles. The van der Waals surface area contributed by atoms with E-state index in [0.29, 0.717) is 6.04 Å². The third kappa shape index (κ3) is 1.06. The van der Waals surface area contributed by atoms with E-state index in [1.54, 1.807) is 6.08 Å². The number of carbonyl (C=O) groups excluding carboxylic acids is 1. The third-order valence-electron chi connectivity index (χ3n) is 1.97. The molecule has 1 amide bonds. The first kappa shape index (κ1) is 7.32. The van der Waals surface area contributed by atoms with Gasteiger partial charge in [0.25, 0.3) is 0 Å². The van der Waals surface area contributed by atoms with Crippen LogP contribution in [0, 0.1) is 0 Å². The van der Waals surface area contributed by atoms with Crippen LogP contribution in [0.5, 0.6) is 0 Å². The van der Waals surface area contributed by atoms with Gasteiger partial charge in [0.1, 0.15) is 0 Å². The third-order valence-corrected chi connectivity index (χ3v) is 1.97. The van der Waals surface area contributed by atoms with Crippen molar-refractivity contribution in [3.05, 3.63) is 12.7 Å². The molecule has 0 spiro atoms. The van der Waals surface area contributed by atoms with E-state index < -0.39 is 0 Å². The van der Waals surface area contributed by atoms with E-state index in [9.17, 15) is 4.79 Å². The van der Waals surface area contributed by atoms with Gasteiger partial charge >= 0.3 is 0 Å². The molecule has 1 saturated heterocycles. The Labute approximate surface area is 61.5 Å². The minimum Gasteiger partial charge on any atom is -0.335 e. The van der Waals surface area contributed by atoms with Gasteiger partial charge in [0.05, 0.1) is 0 Å². The molecule has 1 unspecified atom stereocenters. The highest BCUT2D eigenvalue weighted by molar-refractivity contribution is 5.83. The van der Waals surface area contributed by atoms with Crippen molar-refractivity contribution < 1.29 is 4.79 Å². The maximum atomic E-state index is 10.9. The molecule has 2 nitrogen and oxygen atoms in total. The Kier molecular flexibility index (Phi) is 2.10. The molecule has 0 aromatic heterocycles. The second kappa shape index (κ2) is 2.86. The topological polar surface area (TPSA) is 20.3 Å². The van der Waals surface area contributed by atoms with Gasteiger partial charge in [-0.2, -0.15) is 0 Å². The summed E-state index contributed by atoms with van der Waals surface area (Å²) in [5.74, 6) is 0.270. The Bertz CT molecular complexity index is 153. The number of carbonyl (C=O) groups is 1. The second-order valence-corrected chi connectivity index (χ2v) is 2.60. The molecule has 0 radical (unpaired) electrons. The van der Waals surface area contributed by atoms with Crippen LogP contribution in [-0.4, -0.2) is 23.4 Å². The van der Waals surface area contributed by atoms with E-state index in [-0.39, 0.29) is 5.91 Å². The summed E-state index contributed by atoms with van der Waals surface area (Å²) in [4.78, 5) is 12.7. The van der Waals surface area contributed by atoms with Gasteiger partial charge in [0.15, 0.2) is 0 Å². The summed E-state index contributed by atoms with van der Waals surface area (Å²) >= 11 is 0. The monoisotopic (exact) mass is 139 g/mol. The van der Waals surface area contributed by atoms with Crippen LogP contribution in [0.25, 0.3) is 0 Å². The van der Waals surface area contributed by atoms with E-state index in [1.807, 2.05) is 4.90 Å². The van der Waals surface area contributed by atoms with Crippen molar-refractivity contribution in [2.45, 2.75) is 25.8 Å². The lowest BCUT2D eigenvalue weighted by atomic mass is 10.00. The molecule has 56 valence electrons. The van der Waals surface area contributed by atoms with E-state index in [2.05, 4.69) is 13.5 Å². The molecular weight excluding hydrogens is 126 g/mol. The molecule has 0 bridgehead atoms. The lowest BCUT2D eigenvalue weighted by Crippen LogP contribution is -2.51. The Balaban J connectivity index is 2.39. The molecule has 1 fully saturated rings. The summed E-state index contributed by atoms with van der Waals surface area (Å²) in [5.41, 5.74) is 0. The van der Waals surface area contributed by atoms with Gasteiger partial charge < -0.3 is 4.90 Å². The number of β-lactam (4-membered cyclic amide) rings is 1. The average molecular weight is 139 g/mol. The van der Waals surface area contributed by atoms with Crippen LogP contribution >= 0.6 is 0 Å². The second-order valence-electron chi connectivity index (χ2n) is 2.60. The van der Waals surface area contributed by atoms with Gasteiger partial charge in [-0.05, 0) is 6.42 Å². The highest BCUT2D eigenvalue weighted by Crippen LogP contribution is 2.20. The molecule has 1 aliphatic rings. The lowest BCUT2D eigenvalue weighted by Gasteiger charge is -2.39. The van der Waals surface area contributed by atoms with Crippen LogP contribution in [0.15, 0.2) is 12.7 Å². The van der Waals surface area contributed by atoms with Crippen LogP contribution in [-0.2, 0) is 4.79 Å². The molecule has 0 saturated carbocycles. The maximum Gasteiger partial charge on any atom is 0.225 e. The molecule has 0 N–H and O–H groups in total. The number of hydrogen-bond donors (Lipinski definition) is 0. The maximum absolute atomic E-state index is 10.9. The zero-order chi connectivity index (χ0) is 7.56. The zero-order valence-corrected chi connectivity index (χ0v) is 6.34. The molecule has 0 aromatic carbocycles. The minimum atomic E-state index is 0.270. The average Bonchev–Trinajstić information content (AvgIpc) is 1.95. The van der Waals surface area contributed by atoms with Crippen molar-refractivity contribution in [1.29, 1.82) is 0 Å². The molecule has 1 aliphatic heterocycles. The summed E-state index contributed by atoms with van der Waals surface area (Å²) in [6, 6.07) is 0.491. The molecule has 0 aromatic rings. The van der Waals surface area contributed by atoms with Crippen LogP contribution in [0.1, 0.15) is 19.8 Å². The predicted octanol–water partition coefficient (Wildman–Crippen LogP) is 1.18. The predicted molar refractivity (Wildman–Crippen MR) is 40.6 cm³/mol. The van der Waals surface area contributed by atoms with Crippen molar-refractivity contribution in [1.82, 2.24) is 4.90 Å². The molecule has 0 aliphatic carbocycles. The van der Waals surface area contributed by atoms with E-state index in [1.165, 1.54) is 0 Å². The van der Waals surface area contributed by atoms with Gasteiger partial charge in [-0.3, -0.25) is 4.79 Å². The largest absolute Gasteiger partial charge is 0.335 e. The standard InChI is InChI=1S/C8H13NO/c1-3-5-9-7(4-2)6-8(9)10/h3,7H,1,4-6H2,2H3. The molecule has 2 heteroatoms.